The molecule has 0 saturated heterocycles. The minimum atomic E-state index is -0.512. The second kappa shape index (κ2) is 10.8. The average molecular weight is 527 g/mol. The minimum Gasteiger partial charge on any atom is -0.489 e. The van der Waals surface area contributed by atoms with Crippen LogP contribution in [0.5, 0.6) is 5.75 Å². The lowest BCUT2D eigenvalue weighted by Crippen LogP contribution is -2.47. The molecule has 0 aliphatic carbocycles. The number of likely N-dealkylation sites (N-methyl/N-ethyl adjacent to an activating group) is 1. The molecular weight excluding hydrogens is 500 g/mol. The summed E-state index contributed by atoms with van der Waals surface area (Å²) in [4.78, 5) is 27.1. The van der Waals surface area contributed by atoms with Gasteiger partial charge in [-0.05, 0) is 37.1 Å². The number of rotatable bonds is 8. The van der Waals surface area contributed by atoms with Crippen molar-refractivity contribution in [2.45, 2.75) is 25.9 Å². The highest BCUT2D eigenvalue weighted by atomic mass is 79.9. The molecular formula is C25H27BrN4O4. The van der Waals surface area contributed by atoms with Gasteiger partial charge in [-0.25, -0.2) is 4.79 Å². The monoisotopic (exact) mass is 526 g/mol. The van der Waals surface area contributed by atoms with E-state index in [9.17, 15) is 9.59 Å². The Hall–Kier alpha value is -3.17. The first-order valence-electron chi connectivity index (χ1n) is 11.2. The molecule has 1 N–H and O–H groups in total. The summed E-state index contributed by atoms with van der Waals surface area (Å²) in [5, 5.41) is 7.76. The van der Waals surface area contributed by atoms with Crippen LogP contribution in [-0.4, -0.2) is 54.5 Å². The van der Waals surface area contributed by atoms with Gasteiger partial charge in [0.1, 0.15) is 18.4 Å². The predicted octanol–water partition coefficient (Wildman–Crippen LogP) is 3.43. The van der Waals surface area contributed by atoms with Crippen LogP contribution < -0.4 is 15.0 Å². The van der Waals surface area contributed by atoms with Gasteiger partial charge in [-0.15, -0.1) is 0 Å². The molecule has 0 unspecified atom stereocenters. The Morgan fingerprint density at radius 3 is 2.82 bits per heavy atom. The van der Waals surface area contributed by atoms with Crippen molar-refractivity contribution in [2.24, 2.45) is 0 Å². The van der Waals surface area contributed by atoms with Crippen LogP contribution in [0.1, 0.15) is 28.5 Å². The van der Waals surface area contributed by atoms with E-state index in [1.807, 2.05) is 54.7 Å². The zero-order valence-corrected chi connectivity index (χ0v) is 20.7. The number of carbonyl (C=O) groups excluding carboxylic acids is 2. The number of aromatic nitrogens is 2. The molecule has 0 spiro atoms. The standard InChI is InChI=1S/C25H27BrN4O4/c1-3-33-25(32)23-18(15-30(28-23)14-17-7-5-4-6-8-17)11-12-27-20-16-34-22-10-9-19(26)13-21(22)29(2)24(20)31/h4-10,13,15,20,27H,3,11-12,14,16H2,1-2H3/t20-/m0/s1. The molecule has 0 bridgehead atoms. The van der Waals surface area contributed by atoms with Crippen molar-refractivity contribution in [3.63, 3.8) is 0 Å². The summed E-state index contributed by atoms with van der Waals surface area (Å²) in [5.41, 5.74) is 2.87. The molecule has 4 rings (SSSR count). The molecule has 34 heavy (non-hydrogen) atoms. The number of nitrogens with one attached hydrogen (secondary N) is 1. The highest BCUT2D eigenvalue weighted by molar-refractivity contribution is 9.10. The molecule has 0 radical (unpaired) electrons. The van der Waals surface area contributed by atoms with Crippen LogP contribution in [0.4, 0.5) is 5.69 Å². The van der Waals surface area contributed by atoms with Crippen molar-refractivity contribution in [1.29, 1.82) is 0 Å². The fourth-order valence-corrected chi connectivity index (χ4v) is 4.22. The summed E-state index contributed by atoms with van der Waals surface area (Å²) >= 11 is 3.44. The zero-order chi connectivity index (χ0) is 24.1. The molecule has 2 heterocycles. The van der Waals surface area contributed by atoms with E-state index in [2.05, 4.69) is 26.3 Å². The number of nitrogens with zero attached hydrogens (tertiary/aromatic N) is 3. The maximum absolute atomic E-state index is 13.0. The number of hydrogen-bond donors (Lipinski definition) is 1. The second-order valence-electron chi connectivity index (χ2n) is 7.98. The van der Waals surface area contributed by atoms with E-state index < -0.39 is 12.0 Å². The van der Waals surface area contributed by atoms with Crippen molar-refractivity contribution in [1.82, 2.24) is 15.1 Å². The number of anilines is 1. The van der Waals surface area contributed by atoms with Crippen LogP contribution in [-0.2, 0) is 22.5 Å². The lowest BCUT2D eigenvalue weighted by molar-refractivity contribution is -0.120. The Bertz CT molecular complexity index is 1160. The van der Waals surface area contributed by atoms with E-state index in [1.165, 1.54) is 0 Å². The molecule has 3 aromatic rings. The number of amides is 1. The SMILES string of the molecule is CCOC(=O)c1nn(Cc2ccccc2)cc1CCN[C@H]1COc2ccc(Br)cc2N(C)C1=O. The molecule has 1 aliphatic rings. The predicted molar refractivity (Wildman–Crippen MR) is 132 cm³/mol. The fraction of sp³-hybridized carbons (Fsp3) is 0.320. The lowest BCUT2D eigenvalue weighted by Gasteiger charge is -2.20. The van der Waals surface area contributed by atoms with Gasteiger partial charge in [0, 0.05) is 29.8 Å². The molecule has 1 aromatic heterocycles. The molecule has 178 valence electrons. The van der Waals surface area contributed by atoms with Crippen LogP contribution >= 0.6 is 15.9 Å². The molecule has 0 fully saturated rings. The summed E-state index contributed by atoms with van der Waals surface area (Å²) in [6.07, 6.45) is 2.38. The highest BCUT2D eigenvalue weighted by Gasteiger charge is 2.29. The number of carbonyl (C=O) groups is 2. The lowest BCUT2D eigenvalue weighted by atomic mass is 10.1. The van der Waals surface area contributed by atoms with Crippen LogP contribution in [0.3, 0.4) is 0 Å². The maximum Gasteiger partial charge on any atom is 0.359 e. The largest absolute Gasteiger partial charge is 0.489 e. The van der Waals surface area contributed by atoms with Gasteiger partial charge in [0.15, 0.2) is 5.69 Å². The van der Waals surface area contributed by atoms with E-state index in [-0.39, 0.29) is 19.1 Å². The van der Waals surface area contributed by atoms with Gasteiger partial charge in [-0.1, -0.05) is 46.3 Å². The number of hydrogen-bond acceptors (Lipinski definition) is 6. The number of fused-ring (bicyclic) bond motifs is 1. The van der Waals surface area contributed by atoms with Crippen molar-refractivity contribution in [3.05, 3.63) is 76.0 Å². The smallest absolute Gasteiger partial charge is 0.359 e. The number of halogens is 1. The molecule has 1 atom stereocenters. The van der Waals surface area contributed by atoms with Crippen LogP contribution in [0.2, 0.25) is 0 Å². The van der Waals surface area contributed by atoms with Crippen molar-refractivity contribution >= 4 is 33.5 Å². The van der Waals surface area contributed by atoms with Crippen LogP contribution in [0.15, 0.2) is 59.2 Å². The first-order valence-corrected chi connectivity index (χ1v) is 12.0. The minimum absolute atomic E-state index is 0.0813. The Morgan fingerprint density at radius 1 is 1.26 bits per heavy atom. The Labute approximate surface area is 207 Å². The van der Waals surface area contributed by atoms with E-state index >= 15 is 0 Å². The van der Waals surface area contributed by atoms with Gasteiger partial charge >= 0.3 is 5.97 Å². The summed E-state index contributed by atoms with van der Waals surface area (Å²) in [6, 6.07) is 15.0. The Balaban J connectivity index is 1.44. The first-order chi connectivity index (χ1) is 16.5. The molecule has 0 saturated carbocycles. The van der Waals surface area contributed by atoms with Gasteiger partial charge in [-0.2, -0.15) is 5.10 Å². The zero-order valence-electron chi connectivity index (χ0n) is 19.2. The van der Waals surface area contributed by atoms with Gasteiger partial charge in [0.2, 0.25) is 5.91 Å². The van der Waals surface area contributed by atoms with Crippen LogP contribution in [0.25, 0.3) is 0 Å². The normalized spacial score (nSPS) is 15.4. The molecule has 2 aromatic carbocycles. The molecule has 8 nitrogen and oxygen atoms in total. The third kappa shape index (κ3) is 5.48. The number of esters is 1. The van der Waals surface area contributed by atoms with E-state index in [1.54, 1.807) is 23.6 Å². The van der Waals surface area contributed by atoms with Gasteiger partial charge < -0.3 is 19.7 Å². The second-order valence-corrected chi connectivity index (χ2v) is 8.90. The first kappa shape index (κ1) is 24.0. The Morgan fingerprint density at radius 2 is 2.06 bits per heavy atom. The summed E-state index contributed by atoms with van der Waals surface area (Å²) in [7, 11) is 1.74. The molecule has 9 heteroatoms. The van der Waals surface area contributed by atoms with E-state index in [0.29, 0.717) is 31.0 Å². The van der Waals surface area contributed by atoms with Crippen molar-refractivity contribution < 1.29 is 19.1 Å². The van der Waals surface area contributed by atoms with E-state index in [0.717, 1.165) is 21.3 Å². The average Bonchev–Trinajstić information content (AvgIpc) is 3.19. The maximum atomic E-state index is 13.0. The third-order valence-electron chi connectivity index (χ3n) is 5.60. The summed E-state index contributed by atoms with van der Waals surface area (Å²) < 4.78 is 13.7. The van der Waals surface area contributed by atoms with Gasteiger partial charge in [0.25, 0.3) is 0 Å². The van der Waals surface area contributed by atoms with Gasteiger partial charge in [-0.3, -0.25) is 9.48 Å². The van der Waals surface area contributed by atoms with Crippen molar-refractivity contribution in [2.75, 3.05) is 31.7 Å². The quantitative estimate of drug-likeness (QED) is 0.452. The molecule has 1 amide bonds. The number of benzene rings is 2. The Kier molecular flexibility index (Phi) is 7.64. The number of ether oxygens (including phenoxy) is 2. The highest BCUT2D eigenvalue weighted by Crippen LogP contribution is 2.33. The fourth-order valence-electron chi connectivity index (χ4n) is 3.87. The third-order valence-corrected chi connectivity index (χ3v) is 6.09. The summed E-state index contributed by atoms with van der Waals surface area (Å²) in [6.45, 7) is 3.28. The summed E-state index contributed by atoms with van der Waals surface area (Å²) in [5.74, 6) is 0.135. The topological polar surface area (TPSA) is 85.7 Å². The van der Waals surface area contributed by atoms with Crippen LogP contribution in [0, 0.1) is 0 Å². The van der Waals surface area contributed by atoms with Crippen molar-refractivity contribution in [3.8, 4) is 5.75 Å². The molecule has 1 aliphatic heterocycles. The van der Waals surface area contributed by atoms with Gasteiger partial charge in [0.05, 0.1) is 18.8 Å². The van der Waals surface area contributed by atoms with E-state index in [4.69, 9.17) is 9.47 Å².